The van der Waals surface area contributed by atoms with Crippen LogP contribution in [0.4, 0.5) is 4.39 Å². The number of amides is 2. The van der Waals surface area contributed by atoms with Crippen molar-refractivity contribution < 1.29 is 14.0 Å². The third-order valence-corrected chi connectivity index (χ3v) is 4.42. The highest BCUT2D eigenvalue weighted by atomic mass is 19.1. The first-order valence-corrected chi connectivity index (χ1v) is 8.21. The van der Waals surface area contributed by atoms with Crippen molar-refractivity contribution >= 4 is 11.8 Å². The largest absolute Gasteiger partial charge is 0.370 e. The lowest BCUT2D eigenvalue weighted by atomic mass is 9.93. The van der Waals surface area contributed by atoms with Gasteiger partial charge in [-0.3, -0.25) is 9.59 Å². The smallest absolute Gasteiger partial charge is 0.293 e. The number of aryl methyl sites for hydroxylation is 1. The average Bonchev–Trinajstić information content (AvgIpc) is 2.97. The Morgan fingerprint density at radius 3 is 2.48 bits per heavy atom. The second-order valence-corrected chi connectivity index (χ2v) is 6.28. The standard InChI is InChI=1S/C17H20FN5O2/c1-11-20-16(21-23(11)14-4-2-13(18)3-5-14)17(25)22-8-6-12(7-9-22)10-15(19)24/h2-5,12H,6-10H2,1H3,(H2,19,24). The molecule has 2 N–H and O–H groups in total. The Bertz CT molecular complexity index is 779. The number of carbonyl (C=O) groups is 2. The van der Waals surface area contributed by atoms with Gasteiger partial charge in [0.15, 0.2) is 0 Å². The lowest BCUT2D eigenvalue weighted by Gasteiger charge is -2.30. The molecule has 3 rings (SSSR count). The van der Waals surface area contributed by atoms with Crippen LogP contribution >= 0.6 is 0 Å². The molecule has 1 saturated heterocycles. The number of benzene rings is 1. The maximum absolute atomic E-state index is 13.1. The molecule has 1 aromatic heterocycles. The van der Waals surface area contributed by atoms with Gasteiger partial charge in [0.2, 0.25) is 11.7 Å². The molecule has 2 amide bonds. The first kappa shape index (κ1) is 17.1. The van der Waals surface area contributed by atoms with E-state index in [0.29, 0.717) is 31.0 Å². The van der Waals surface area contributed by atoms with E-state index >= 15 is 0 Å². The molecule has 0 saturated carbocycles. The lowest BCUT2D eigenvalue weighted by Crippen LogP contribution is -2.39. The van der Waals surface area contributed by atoms with E-state index in [1.165, 1.54) is 16.8 Å². The number of nitrogens with zero attached hydrogens (tertiary/aromatic N) is 4. The molecule has 25 heavy (non-hydrogen) atoms. The zero-order valence-corrected chi connectivity index (χ0v) is 14.0. The molecule has 1 aliphatic heterocycles. The van der Waals surface area contributed by atoms with Crippen LogP contribution < -0.4 is 5.73 Å². The number of hydrogen-bond donors (Lipinski definition) is 1. The van der Waals surface area contributed by atoms with Crippen LogP contribution in [0.25, 0.3) is 5.69 Å². The van der Waals surface area contributed by atoms with Crippen molar-refractivity contribution in [2.45, 2.75) is 26.2 Å². The molecule has 1 aromatic carbocycles. The van der Waals surface area contributed by atoms with Crippen LogP contribution in [0.15, 0.2) is 24.3 Å². The van der Waals surface area contributed by atoms with Crippen LogP contribution in [0.2, 0.25) is 0 Å². The minimum absolute atomic E-state index is 0.121. The molecule has 132 valence electrons. The van der Waals surface area contributed by atoms with E-state index in [1.54, 1.807) is 24.0 Å². The molecule has 0 unspecified atom stereocenters. The van der Waals surface area contributed by atoms with E-state index in [0.717, 1.165) is 12.8 Å². The van der Waals surface area contributed by atoms with Crippen molar-refractivity contribution in [3.8, 4) is 5.69 Å². The van der Waals surface area contributed by atoms with Crippen molar-refractivity contribution in [3.63, 3.8) is 0 Å². The number of carbonyl (C=O) groups excluding carboxylic acids is 2. The summed E-state index contributed by atoms with van der Waals surface area (Å²) in [5.74, 6) is 0.0278. The molecular weight excluding hydrogens is 325 g/mol. The van der Waals surface area contributed by atoms with E-state index < -0.39 is 0 Å². The Hall–Kier alpha value is -2.77. The van der Waals surface area contributed by atoms with Crippen LogP contribution in [0.5, 0.6) is 0 Å². The van der Waals surface area contributed by atoms with Crippen molar-refractivity contribution in [2.75, 3.05) is 13.1 Å². The van der Waals surface area contributed by atoms with Crippen LogP contribution in [-0.4, -0.2) is 44.6 Å². The highest BCUT2D eigenvalue weighted by Gasteiger charge is 2.27. The Morgan fingerprint density at radius 2 is 1.88 bits per heavy atom. The highest BCUT2D eigenvalue weighted by molar-refractivity contribution is 5.90. The third kappa shape index (κ3) is 3.84. The van der Waals surface area contributed by atoms with Gasteiger partial charge in [-0.25, -0.2) is 14.1 Å². The lowest BCUT2D eigenvalue weighted by molar-refractivity contribution is -0.119. The molecule has 0 spiro atoms. The number of likely N-dealkylation sites (tertiary alicyclic amines) is 1. The second kappa shape index (κ2) is 7.00. The summed E-state index contributed by atoms with van der Waals surface area (Å²) < 4.78 is 14.6. The first-order valence-electron chi connectivity index (χ1n) is 8.21. The number of hydrogen-bond acceptors (Lipinski definition) is 4. The zero-order chi connectivity index (χ0) is 18.0. The van der Waals surface area contributed by atoms with Crippen molar-refractivity contribution in [3.05, 3.63) is 41.7 Å². The Morgan fingerprint density at radius 1 is 1.24 bits per heavy atom. The van der Waals surface area contributed by atoms with E-state index in [-0.39, 0.29) is 29.4 Å². The van der Waals surface area contributed by atoms with Crippen molar-refractivity contribution in [2.24, 2.45) is 11.7 Å². The molecule has 0 atom stereocenters. The molecule has 1 fully saturated rings. The predicted octanol–water partition coefficient (Wildman–Crippen LogP) is 1.44. The summed E-state index contributed by atoms with van der Waals surface area (Å²) in [6.45, 7) is 2.86. The summed E-state index contributed by atoms with van der Waals surface area (Å²) in [6.07, 6.45) is 1.84. The molecule has 2 aromatic rings. The number of aromatic nitrogens is 3. The Balaban J connectivity index is 1.70. The summed E-state index contributed by atoms with van der Waals surface area (Å²) in [6, 6.07) is 5.84. The van der Waals surface area contributed by atoms with E-state index in [2.05, 4.69) is 10.1 Å². The van der Waals surface area contributed by atoms with Gasteiger partial charge in [0.25, 0.3) is 5.91 Å². The van der Waals surface area contributed by atoms with Gasteiger partial charge in [-0.05, 0) is 49.9 Å². The number of primary amides is 1. The van der Waals surface area contributed by atoms with Crippen molar-refractivity contribution in [1.29, 1.82) is 0 Å². The molecule has 0 bridgehead atoms. The summed E-state index contributed by atoms with van der Waals surface area (Å²) in [5.41, 5.74) is 5.87. The van der Waals surface area contributed by atoms with Crippen LogP contribution in [0.3, 0.4) is 0 Å². The normalized spacial score (nSPS) is 15.4. The third-order valence-electron chi connectivity index (χ3n) is 4.42. The quantitative estimate of drug-likeness (QED) is 0.907. The minimum atomic E-state index is -0.336. The van der Waals surface area contributed by atoms with Gasteiger partial charge in [0.1, 0.15) is 11.6 Å². The van der Waals surface area contributed by atoms with Crippen LogP contribution in [0.1, 0.15) is 35.7 Å². The number of rotatable bonds is 4. The molecular formula is C17H20FN5O2. The van der Waals surface area contributed by atoms with Gasteiger partial charge in [0, 0.05) is 19.5 Å². The summed E-state index contributed by atoms with van der Waals surface area (Å²) in [5, 5.41) is 4.27. The topological polar surface area (TPSA) is 94.1 Å². The molecule has 0 aliphatic carbocycles. The Kier molecular flexibility index (Phi) is 4.78. The Labute approximate surface area is 144 Å². The maximum Gasteiger partial charge on any atom is 0.293 e. The number of halogens is 1. The van der Waals surface area contributed by atoms with Gasteiger partial charge >= 0.3 is 0 Å². The number of piperidine rings is 1. The van der Waals surface area contributed by atoms with Crippen molar-refractivity contribution in [1.82, 2.24) is 19.7 Å². The fourth-order valence-corrected chi connectivity index (χ4v) is 3.07. The molecule has 8 heteroatoms. The van der Waals surface area contributed by atoms with Gasteiger partial charge in [-0.15, -0.1) is 5.10 Å². The van der Waals surface area contributed by atoms with Crippen LogP contribution in [0, 0.1) is 18.7 Å². The zero-order valence-electron chi connectivity index (χ0n) is 14.0. The SMILES string of the molecule is Cc1nc(C(=O)N2CCC(CC(N)=O)CC2)nn1-c1ccc(F)cc1. The van der Waals surface area contributed by atoms with Gasteiger partial charge < -0.3 is 10.6 Å². The fraction of sp³-hybridized carbons (Fsp3) is 0.412. The summed E-state index contributed by atoms with van der Waals surface area (Å²) in [7, 11) is 0. The predicted molar refractivity (Wildman–Crippen MR) is 88.5 cm³/mol. The molecule has 1 aliphatic rings. The minimum Gasteiger partial charge on any atom is -0.370 e. The van der Waals surface area contributed by atoms with Crippen LogP contribution in [-0.2, 0) is 4.79 Å². The van der Waals surface area contributed by atoms with Gasteiger partial charge in [-0.2, -0.15) is 0 Å². The highest BCUT2D eigenvalue weighted by Crippen LogP contribution is 2.21. The van der Waals surface area contributed by atoms with E-state index in [4.69, 9.17) is 5.73 Å². The average molecular weight is 345 g/mol. The number of nitrogens with two attached hydrogens (primary N) is 1. The maximum atomic E-state index is 13.1. The summed E-state index contributed by atoms with van der Waals surface area (Å²) >= 11 is 0. The molecule has 0 radical (unpaired) electrons. The molecule has 7 nitrogen and oxygen atoms in total. The van der Waals surface area contributed by atoms with E-state index in [9.17, 15) is 14.0 Å². The fourth-order valence-electron chi connectivity index (χ4n) is 3.07. The molecule has 2 heterocycles. The summed E-state index contributed by atoms with van der Waals surface area (Å²) in [4.78, 5) is 29.6. The van der Waals surface area contributed by atoms with Gasteiger partial charge in [-0.1, -0.05) is 0 Å². The monoisotopic (exact) mass is 345 g/mol. The first-order chi connectivity index (χ1) is 11.9. The van der Waals surface area contributed by atoms with E-state index in [1.807, 2.05) is 0 Å². The van der Waals surface area contributed by atoms with Gasteiger partial charge in [0.05, 0.1) is 5.69 Å². The second-order valence-electron chi connectivity index (χ2n) is 6.28.